The van der Waals surface area contributed by atoms with Crippen LogP contribution in [-0.4, -0.2) is 44.3 Å². The molecule has 0 fully saturated rings. The van der Waals surface area contributed by atoms with E-state index in [0.717, 1.165) is 0 Å². The van der Waals surface area contributed by atoms with Gasteiger partial charge in [0.05, 0.1) is 12.3 Å². The number of halogens is 1. The molecule has 1 amide bonds. The highest BCUT2D eigenvalue weighted by molar-refractivity contribution is 6.01. The molecule has 22 heavy (non-hydrogen) atoms. The summed E-state index contributed by atoms with van der Waals surface area (Å²) >= 11 is 0. The smallest absolute Gasteiger partial charge is 0.404 e. The Morgan fingerprint density at radius 1 is 1.55 bits per heavy atom. The SMILES string of the molecule is O=C(O)NC[C@H]1CC(c2ccc(-n3cncn3)c(F)c2)=NO1. The van der Waals surface area contributed by atoms with Crippen LogP contribution in [0.2, 0.25) is 0 Å². The van der Waals surface area contributed by atoms with Crippen LogP contribution in [0.4, 0.5) is 9.18 Å². The quantitative estimate of drug-likeness (QED) is 0.882. The Labute approximate surface area is 124 Å². The lowest BCUT2D eigenvalue weighted by Gasteiger charge is -2.07. The van der Waals surface area contributed by atoms with Gasteiger partial charge in [0.25, 0.3) is 0 Å². The van der Waals surface area contributed by atoms with Crippen LogP contribution in [0.25, 0.3) is 5.69 Å². The molecule has 1 aromatic heterocycles. The summed E-state index contributed by atoms with van der Waals surface area (Å²) in [6.07, 6.45) is 1.62. The summed E-state index contributed by atoms with van der Waals surface area (Å²) in [5.74, 6) is -0.460. The summed E-state index contributed by atoms with van der Waals surface area (Å²) in [4.78, 5) is 19.3. The molecular weight excluding hydrogens is 293 g/mol. The normalized spacial score (nSPS) is 17.0. The highest BCUT2D eigenvalue weighted by Crippen LogP contribution is 2.20. The Hall–Kier alpha value is -2.97. The van der Waals surface area contributed by atoms with Crippen molar-refractivity contribution >= 4 is 11.8 Å². The lowest BCUT2D eigenvalue weighted by molar-refractivity contribution is 0.0841. The summed E-state index contributed by atoms with van der Waals surface area (Å²) < 4.78 is 15.5. The lowest BCUT2D eigenvalue weighted by atomic mass is 10.0. The van der Waals surface area contributed by atoms with Crippen molar-refractivity contribution in [1.82, 2.24) is 20.1 Å². The molecule has 0 radical (unpaired) electrons. The number of aromatic nitrogens is 3. The van der Waals surface area contributed by atoms with Crippen LogP contribution in [0.15, 0.2) is 36.0 Å². The van der Waals surface area contributed by atoms with Crippen LogP contribution in [0.3, 0.4) is 0 Å². The van der Waals surface area contributed by atoms with Gasteiger partial charge in [-0.05, 0) is 12.1 Å². The number of rotatable bonds is 4. The van der Waals surface area contributed by atoms with Gasteiger partial charge in [0.15, 0.2) is 6.10 Å². The maximum atomic E-state index is 14.1. The third-order valence-electron chi connectivity index (χ3n) is 3.16. The van der Waals surface area contributed by atoms with E-state index in [1.54, 1.807) is 12.1 Å². The van der Waals surface area contributed by atoms with Gasteiger partial charge in [-0.25, -0.2) is 18.9 Å². The highest BCUT2D eigenvalue weighted by Gasteiger charge is 2.23. The van der Waals surface area contributed by atoms with Crippen LogP contribution < -0.4 is 5.32 Å². The van der Waals surface area contributed by atoms with E-state index in [-0.39, 0.29) is 18.3 Å². The van der Waals surface area contributed by atoms with Gasteiger partial charge in [-0.2, -0.15) is 5.10 Å². The molecule has 1 aliphatic heterocycles. The molecule has 0 saturated carbocycles. The highest BCUT2D eigenvalue weighted by atomic mass is 19.1. The zero-order chi connectivity index (χ0) is 15.5. The Bertz CT molecular complexity index is 716. The van der Waals surface area contributed by atoms with E-state index < -0.39 is 11.9 Å². The molecule has 8 nitrogen and oxygen atoms in total. The Kier molecular flexibility index (Phi) is 3.69. The molecule has 0 aliphatic carbocycles. The number of carbonyl (C=O) groups is 1. The van der Waals surface area contributed by atoms with Gasteiger partial charge in [-0.1, -0.05) is 11.2 Å². The Balaban J connectivity index is 1.71. The van der Waals surface area contributed by atoms with E-state index in [9.17, 15) is 9.18 Å². The van der Waals surface area contributed by atoms with Gasteiger partial charge in [-0.15, -0.1) is 0 Å². The van der Waals surface area contributed by atoms with Gasteiger partial charge in [0.1, 0.15) is 24.2 Å². The first-order valence-electron chi connectivity index (χ1n) is 6.48. The first kappa shape index (κ1) is 14.0. The van der Waals surface area contributed by atoms with Gasteiger partial charge >= 0.3 is 6.09 Å². The number of nitrogens with one attached hydrogen (secondary N) is 1. The third kappa shape index (κ3) is 2.87. The number of hydrogen-bond donors (Lipinski definition) is 2. The second-order valence-corrected chi connectivity index (χ2v) is 4.66. The molecule has 1 aliphatic rings. The van der Waals surface area contributed by atoms with E-state index in [1.165, 1.54) is 23.4 Å². The molecule has 0 unspecified atom stereocenters. The summed E-state index contributed by atoms with van der Waals surface area (Å²) in [7, 11) is 0. The zero-order valence-corrected chi connectivity index (χ0v) is 11.3. The van der Waals surface area contributed by atoms with Crippen LogP contribution >= 0.6 is 0 Å². The fourth-order valence-corrected chi connectivity index (χ4v) is 2.11. The molecule has 2 heterocycles. The van der Waals surface area contributed by atoms with Crippen LogP contribution in [0, 0.1) is 5.82 Å². The van der Waals surface area contributed by atoms with Crippen molar-refractivity contribution in [2.45, 2.75) is 12.5 Å². The summed E-state index contributed by atoms with van der Waals surface area (Å²) in [5, 5.41) is 18.5. The van der Waals surface area contributed by atoms with Gasteiger partial charge in [0, 0.05) is 12.0 Å². The second-order valence-electron chi connectivity index (χ2n) is 4.66. The first-order chi connectivity index (χ1) is 10.6. The van der Waals surface area contributed by atoms with E-state index in [1.807, 2.05) is 0 Å². The number of carboxylic acid groups (broad SMARTS) is 1. The van der Waals surface area contributed by atoms with Crippen molar-refractivity contribution in [2.24, 2.45) is 5.16 Å². The van der Waals surface area contributed by atoms with Gasteiger partial charge in [-0.3, -0.25) is 0 Å². The van der Waals surface area contributed by atoms with Crippen molar-refractivity contribution in [3.8, 4) is 5.69 Å². The predicted molar refractivity (Wildman–Crippen MR) is 73.4 cm³/mol. The number of nitrogens with zero attached hydrogens (tertiary/aromatic N) is 4. The molecule has 2 aromatic rings. The molecule has 3 rings (SSSR count). The van der Waals surface area contributed by atoms with Crippen LogP contribution in [0.1, 0.15) is 12.0 Å². The molecular formula is C13H12FN5O3. The molecule has 0 saturated heterocycles. The minimum absolute atomic E-state index is 0.127. The summed E-state index contributed by atoms with van der Waals surface area (Å²) in [6, 6.07) is 4.62. The average Bonchev–Trinajstić information content (AvgIpc) is 3.16. The molecule has 9 heteroatoms. The maximum Gasteiger partial charge on any atom is 0.404 e. The average molecular weight is 305 g/mol. The van der Waals surface area contributed by atoms with Crippen molar-refractivity contribution in [3.05, 3.63) is 42.2 Å². The van der Waals surface area contributed by atoms with Gasteiger partial charge in [0.2, 0.25) is 0 Å². The number of hydrogen-bond acceptors (Lipinski definition) is 5. The number of benzene rings is 1. The maximum absolute atomic E-state index is 14.1. The molecule has 0 bridgehead atoms. The Morgan fingerprint density at radius 3 is 3.09 bits per heavy atom. The fourth-order valence-electron chi connectivity index (χ4n) is 2.11. The number of oxime groups is 1. The topological polar surface area (TPSA) is 102 Å². The number of amides is 1. The third-order valence-corrected chi connectivity index (χ3v) is 3.16. The fraction of sp³-hybridized carbons (Fsp3) is 0.231. The van der Waals surface area contributed by atoms with E-state index in [0.29, 0.717) is 17.7 Å². The Morgan fingerprint density at radius 2 is 2.41 bits per heavy atom. The van der Waals surface area contributed by atoms with Crippen LogP contribution in [0.5, 0.6) is 0 Å². The van der Waals surface area contributed by atoms with E-state index in [2.05, 4.69) is 20.6 Å². The zero-order valence-electron chi connectivity index (χ0n) is 11.3. The monoisotopic (exact) mass is 305 g/mol. The second kappa shape index (κ2) is 5.80. The van der Waals surface area contributed by atoms with Crippen molar-refractivity contribution in [2.75, 3.05) is 6.54 Å². The van der Waals surface area contributed by atoms with Crippen LogP contribution in [-0.2, 0) is 4.84 Å². The predicted octanol–water partition coefficient (Wildman–Crippen LogP) is 1.17. The van der Waals surface area contributed by atoms with Gasteiger partial charge < -0.3 is 15.3 Å². The summed E-state index contributed by atoms with van der Waals surface area (Å²) in [6.45, 7) is 0.127. The van der Waals surface area contributed by atoms with E-state index >= 15 is 0 Å². The molecule has 1 aromatic carbocycles. The van der Waals surface area contributed by atoms with E-state index in [4.69, 9.17) is 9.94 Å². The molecule has 2 N–H and O–H groups in total. The summed E-state index contributed by atoms with van der Waals surface area (Å²) in [5.41, 5.74) is 1.44. The van der Waals surface area contributed by atoms with Crippen molar-refractivity contribution in [3.63, 3.8) is 0 Å². The van der Waals surface area contributed by atoms with Crippen molar-refractivity contribution < 1.29 is 19.1 Å². The molecule has 114 valence electrons. The lowest BCUT2D eigenvalue weighted by Crippen LogP contribution is -2.30. The minimum atomic E-state index is -1.12. The first-order valence-corrected chi connectivity index (χ1v) is 6.48. The van der Waals surface area contributed by atoms with Crippen molar-refractivity contribution in [1.29, 1.82) is 0 Å². The minimum Gasteiger partial charge on any atom is -0.465 e. The molecule has 1 atom stereocenters. The standard InChI is InChI=1S/C13H12FN5O3/c14-10-3-8(1-2-12(10)19-7-15-6-17-19)11-4-9(22-18-11)5-16-13(20)21/h1-3,6-7,9,16H,4-5H2,(H,20,21)/t9-/m1/s1. The molecule has 0 spiro atoms. The largest absolute Gasteiger partial charge is 0.465 e.